The first-order valence-electron chi connectivity index (χ1n) is 6.94. The molecule has 0 aliphatic rings. The third-order valence-electron chi connectivity index (χ3n) is 2.85. The number of rotatable bonds is 6. The zero-order valence-electron chi connectivity index (χ0n) is 12.0. The maximum Gasteiger partial charge on any atom is 0.321 e. The number of hydrogen-bond acceptors (Lipinski definition) is 3. The fraction of sp³-hybridized carbons (Fsp3) is 0.250. The highest BCUT2D eigenvalue weighted by Gasteiger charge is 2.01. The number of nitrogens with zero attached hydrogens (tertiary/aromatic N) is 1. The summed E-state index contributed by atoms with van der Waals surface area (Å²) < 4.78 is 5.46. The van der Waals surface area contributed by atoms with Gasteiger partial charge in [-0.25, -0.2) is 4.79 Å². The summed E-state index contributed by atoms with van der Waals surface area (Å²) in [6.45, 7) is 2.26. The predicted molar refractivity (Wildman–Crippen MR) is 82.3 cm³/mol. The minimum absolute atomic E-state index is 0.110. The number of nitrogens with one attached hydrogen (secondary N) is 2. The molecule has 1 aromatic heterocycles. The Morgan fingerprint density at radius 3 is 2.71 bits per heavy atom. The van der Waals surface area contributed by atoms with E-state index in [1.807, 2.05) is 24.3 Å². The molecule has 0 unspecified atom stereocenters. The highest BCUT2D eigenvalue weighted by molar-refractivity contribution is 5.88. The molecule has 0 fully saturated rings. The van der Waals surface area contributed by atoms with Crippen LogP contribution in [0.15, 0.2) is 48.8 Å². The van der Waals surface area contributed by atoms with Crippen molar-refractivity contribution in [1.82, 2.24) is 10.3 Å². The van der Waals surface area contributed by atoms with Gasteiger partial charge < -0.3 is 15.4 Å². The quantitative estimate of drug-likeness (QED) is 0.801. The van der Waals surface area contributed by atoms with Crippen LogP contribution >= 0.6 is 0 Å². The van der Waals surface area contributed by atoms with Crippen LogP contribution in [0, 0.1) is 0 Å². The molecule has 1 heterocycles. The molecule has 0 bridgehead atoms. The van der Waals surface area contributed by atoms with E-state index in [1.54, 1.807) is 24.5 Å². The smallest absolute Gasteiger partial charge is 0.321 e. The third-order valence-corrected chi connectivity index (χ3v) is 2.85. The fourth-order valence-electron chi connectivity index (χ4n) is 1.84. The number of benzene rings is 1. The Morgan fingerprint density at radius 1 is 1.24 bits per heavy atom. The van der Waals surface area contributed by atoms with Gasteiger partial charge in [-0.05, 0) is 36.2 Å². The molecule has 2 amide bonds. The van der Waals surface area contributed by atoms with Gasteiger partial charge in [0.05, 0.1) is 11.9 Å². The molecule has 5 heteroatoms. The van der Waals surface area contributed by atoms with Crippen LogP contribution in [0.5, 0.6) is 5.75 Å². The molecule has 2 N–H and O–H groups in total. The molecule has 2 rings (SSSR count). The Hall–Kier alpha value is -2.56. The molecule has 0 atom stereocenters. The van der Waals surface area contributed by atoms with Gasteiger partial charge in [0.2, 0.25) is 0 Å². The third kappa shape index (κ3) is 5.14. The van der Waals surface area contributed by atoms with Crippen LogP contribution < -0.4 is 15.4 Å². The standard InChI is InChI=1S/C16H19N3O2/c1-2-4-13-6-8-15(9-7-13)21-12-18-16(20)19-14-5-3-10-17-11-14/h3,5-11H,2,4,12H2,1H3,(H2,18,19,20). The summed E-state index contributed by atoms with van der Waals surface area (Å²) >= 11 is 0. The highest BCUT2D eigenvalue weighted by atomic mass is 16.5. The molecule has 2 aromatic rings. The summed E-state index contributed by atoms with van der Waals surface area (Å²) in [6, 6.07) is 11.1. The van der Waals surface area contributed by atoms with E-state index in [9.17, 15) is 4.79 Å². The average Bonchev–Trinajstić information content (AvgIpc) is 2.50. The van der Waals surface area contributed by atoms with Crippen LogP contribution in [-0.2, 0) is 6.42 Å². The summed E-state index contributed by atoms with van der Waals surface area (Å²) in [5.74, 6) is 0.733. The van der Waals surface area contributed by atoms with Crippen LogP contribution in [0.4, 0.5) is 10.5 Å². The molecule has 0 saturated heterocycles. The van der Waals surface area contributed by atoms with Crippen molar-refractivity contribution >= 4 is 11.7 Å². The van der Waals surface area contributed by atoms with Crippen molar-refractivity contribution in [1.29, 1.82) is 0 Å². The number of pyridine rings is 1. The summed E-state index contributed by atoms with van der Waals surface area (Å²) in [5, 5.41) is 5.28. The molecular formula is C16H19N3O2. The van der Waals surface area contributed by atoms with Gasteiger partial charge in [-0.15, -0.1) is 0 Å². The van der Waals surface area contributed by atoms with Crippen molar-refractivity contribution in [2.24, 2.45) is 0 Å². The maximum atomic E-state index is 11.6. The molecule has 0 spiro atoms. The molecule has 0 aliphatic carbocycles. The van der Waals surface area contributed by atoms with Gasteiger partial charge in [-0.1, -0.05) is 25.5 Å². The molecule has 0 radical (unpaired) electrons. The van der Waals surface area contributed by atoms with Crippen molar-refractivity contribution in [2.75, 3.05) is 12.0 Å². The number of amides is 2. The highest BCUT2D eigenvalue weighted by Crippen LogP contribution is 2.12. The number of anilines is 1. The Kier molecular flexibility index (Phi) is 5.58. The van der Waals surface area contributed by atoms with E-state index in [0.29, 0.717) is 5.69 Å². The minimum atomic E-state index is -0.328. The number of carbonyl (C=O) groups excluding carboxylic acids is 1. The minimum Gasteiger partial charge on any atom is -0.473 e. The number of hydrogen-bond donors (Lipinski definition) is 2. The SMILES string of the molecule is CCCc1ccc(OCNC(=O)Nc2cccnc2)cc1. The monoisotopic (exact) mass is 285 g/mol. The number of aryl methyl sites for hydroxylation is 1. The lowest BCUT2D eigenvalue weighted by atomic mass is 10.1. The van der Waals surface area contributed by atoms with Crippen molar-refractivity contribution in [3.8, 4) is 5.75 Å². The lowest BCUT2D eigenvalue weighted by Crippen LogP contribution is -2.32. The van der Waals surface area contributed by atoms with Crippen LogP contribution in [-0.4, -0.2) is 17.7 Å². The first-order chi connectivity index (χ1) is 10.3. The number of urea groups is 1. The van der Waals surface area contributed by atoms with Gasteiger partial charge in [0.1, 0.15) is 5.75 Å². The molecule has 0 saturated carbocycles. The molecule has 110 valence electrons. The van der Waals surface area contributed by atoms with Gasteiger partial charge in [-0.2, -0.15) is 0 Å². The van der Waals surface area contributed by atoms with Crippen LogP contribution in [0.1, 0.15) is 18.9 Å². The number of ether oxygens (including phenoxy) is 1. The van der Waals surface area contributed by atoms with E-state index >= 15 is 0 Å². The first-order valence-corrected chi connectivity index (χ1v) is 6.94. The van der Waals surface area contributed by atoms with Crippen LogP contribution in [0.2, 0.25) is 0 Å². The summed E-state index contributed by atoms with van der Waals surface area (Å²) in [6.07, 6.45) is 5.41. The summed E-state index contributed by atoms with van der Waals surface area (Å²) in [7, 11) is 0. The van der Waals surface area contributed by atoms with Gasteiger partial charge >= 0.3 is 6.03 Å². The topological polar surface area (TPSA) is 63.2 Å². The van der Waals surface area contributed by atoms with E-state index in [0.717, 1.165) is 18.6 Å². The summed E-state index contributed by atoms with van der Waals surface area (Å²) in [4.78, 5) is 15.5. The van der Waals surface area contributed by atoms with Crippen molar-refractivity contribution in [3.05, 3.63) is 54.4 Å². The molecule has 1 aromatic carbocycles. The fourth-order valence-corrected chi connectivity index (χ4v) is 1.84. The largest absolute Gasteiger partial charge is 0.473 e. The number of carbonyl (C=O) groups is 1. The zero-order chi connectivity index (χ0) is 14.9. The van der Waals surface area contributed by atoms with E-state index in [1.165, 1.54) is 5.56 Å². The Bertz CT molecular complexity index is 555. The Morgan fingerprint density at radius 2 is 2.05 bits per heavy atom. The Balaban J connectivity index is 1.72. The van der Waals surface area contributed by atoms with Gasteiger partial charge in [-0.3, -0.25) is 4.98 Å². The molecule has 0 aliphatic heterocycles. The zero-order valence-corrected chi connectivity index (χ0v) is 12.0. The van der Waals surface area contributed by atoms with E-state index in [-0.39, 0.29) is 12.8 Å². The van der Waals surface area contributed by atoms with E-state index in [4.69, 9.17) is 4.74 Å². The Labute approximate surface area is 124 Å². The second-order valence-corrected chi connectivity index (χ2v) is 4.56. The normalized spacial score (nSPS) is 9.95. The predicted octanol–water partition coefficient (Wildman–Crippen LogP) is 3.19. The second kappa shape index (κ2) is 7.89. The van der Waals surface area contributed by atoms with Gasteiger partial charge in [0, 0.05) is 6.20 Å². The van der Waals surface area contributed by atoms with Crippen molar-refractivity contribution in [3.63, 3.8) is 0 Å². The summed E-state index contributed by atoms with van der Waals surface area (Å²) in [5.41, 5.74) is 1.92. The van der Waals surface area contributed by atoms with Crippen LogP contribution in [0.25, 0.3) is 0 Å². The molecular weight excluding hydrogens is 266 g/mol. The van der Waals surface area contributed by atoms with Gasteiger partial charge in [0.25, 0.3) is 0 Å². The lowest BCUT2D eigenvalue weighted by Gasteiger charge is -2.09. The van der Waals surface area contributed by atoms with E-state index in [2.05, 4.69) is 22.5 Å². The van der Waals surface area contributed by atoms with Crippen LogP contribution in [0.3, 0.4) is 0 Å². The first kappa shape index (κ1) is 14.8. The molecule has 21 heavy (non-hydrogen) atoms. The van der Waals surface area contributed by atoms with Crippen molar-refractivity contribution < 1.29 is 9.53 Å². The van der Waals surface area contributed by atoms with Crippen molar-refractivity contribution in [2.45, 2.75) is 19.8 Å². The maximum absolute atomic E-state index is 11.6. The molecule has 5 nitrogen and oxygen atoms in total. The lowest BCUT2D eigenvalue weighted by molar-refractivity contribution is 0.234. The second-order valence-electron chi connectivity index (χ2n) is 4.56. The average molecular weight is 285 g/mol. The van der Waals surface area contributed by atoms with Gasteiger partial charge in [0.15, 0.2) is 6.73 Å². The van der Waals surface area contributed by atoms with E-state index < -0.39 is 0 Å². The number of aromatic nitrogens is 1.